The lowest BCUT2D eigenvalue weighted by Gasteiger charge is -2.25. The van der Waals surface area contributed by atoms with E-state index in [1.807, 2.05) is 30.3 Å². The lowest BCUT2D eigenvalue weighted by Crippen LogP contribution is -2.34. The van der Waals surface area contributed by atoms with Crippen LogP contribution in [0.4, 0.5) is 0 Å². The molecule has 28 heavy (non-hydrogen) atoms. The molecule has 4 rings (SSSR count). The smallest absolute Gasteiger partial charge is 0.229 e. The summed E-state index contributed by atoms with van der Waals surface area (Å²) in [5, 5.41) is 5.23. The average molecular weight is 395 g/mol. The van der Waals surface area contributed by atoms with Gasteiger partial charge in [-0.1, -0.05) is 24.3 Å². The molecule has 0 saturated carbocycles. The molecule has 0 radical (unpaired) electrons. The number of thiophene rings is 1. The number of aromatic nitrogens is 1. The zero-order chi connectivity index (χ0) is 19.2. The van der Waals surface area contributed by atoms with Crippen molar-refractivity contribution < 1.29 is 9.53 Å². The number of hydrogen-bond acceptors (Lipinski definition) is 3. The number of carbonyl (C=O) groups excluding carboxylic acids is 1. The first-order chi connectivity index (χ1) is 13.8. The molecule has 0 saturated heterocycles. The second kappa shape index (κ2) is 9.11. The highest BCUT2D eigenvalue weighted by Gasteiger charge is 2.29. The van der Waals surface area contributed by atoms with E-state index in [0.29, 0.717) is 13.2 Å². The van der Waals surface area contributed by atoms with Crippen LogP contribution in [0.5, 0.6) is 5.75 Å². The highest BCUT2D eigenvalue weighted by Crippen LogP contribution is 2.32. The van der Waals surface area contributed by atoms with Crippen molar-refractivity contribution in [3.8, 4) is 5.75 Å². The molecule has 0 aliphatic heterocycles. The summed E-state index contributed by atoms with van der Waals surface area (Å²) < 4.78 is 8.06. The number of nitrogens with zero attached hydrogens (tertiary/aromatic N) is 1. The Balaban J connectivity index is 1.37. The van der Waals surface area contributed by atoms with Crippen molar-refractivity contribution in [3.05, 3.63) is 76.2 Å². The Morgan fingerprint density at radius 2 is 2.07 bits per heavy atom. The molecule has 1 aromatic carbocycles. The summed E-state index contributed by atoms with van der Waals surface area (Å²) >= 11 is 1.74. The maximum absolute atomic E-state index is 12.9. The molecule has 1 unspecified atom stereocenters. The second-order valence-corrected chi connectivity index (χ2v) is 8.18. The van der Waals surface area contributed by atoms with Gasteiger partial charge >= 0.3 is 0 Å². The number of rotatable bonds is 8. The lowest BCUT2D eigenvalue weighted by atomic mass is 9.87. The predicted molar refractivity (Wildman–Crippen MR) is 113 cm³/mol. The van der Waals surface area contributed by atoms with E-state index in [1.165, 1.54) is 16.1 Å². The van der Waals surface area contributed by atoms with Crippen molar-refractivity contribution >= 4 is 17.2 Å². The first-order valence-electron chi connectivity index (χ1n) is 9.97. The summed E-state index contributed by atoms with van der Waals surface area (Å²) in [7, 11) is 0. The molecule has 2 heterocycles. The van der Waals surface area contributed by atoms with Crippen LogP contribution in [0.2, 0.25) is 0 Å². The Bertz CT molecular complexity index is 887. The van der Waals surface area contributed by atoms with E-state index in [9.17, 15) is 4.79 Å². The summed E-state index contributed by atoms with van der Waals surface area (Å²) in [6, 6.07) is 16.2. The Morgan fingerprint density at radius 3 is 2.89 bits per heavy atom. The zero-order valence-electron chi connectivity index (χ0n) is 16.0. The van der Waals surface area contributed by atoms with E-state index in [1.54, 1.807) is 11.3 Å². The predicted octanol–water partition coefficient (Wildman–Crippen LogP) is 4.41. The quantitative estimate of drug-likeness (QED) is 0.615. The Morgan fingerprint density at radius 1 is 1.18 bits per heavy atom. The van der Waals surface area contributed by atoms with Gasteiger partial charge in [0.05, 0.1) is 12.5 Å². The molecular weight excluding hydrogens is 368 g/mol. The highest BCUT2D eigenvalue weighted by molar-refractivity contribution is 7.09. The van der Waals surface area contributed by atoms with E-state index >= 15 is 0 Å². The molecule has 1 aliphatic carbocycles. The monoisotopic (exact) mass is 394 g/mol. The Labute approximate surface area is 170 Å². The minimum absolute atomic E-state index is 0.0567. The SMILES string of the molecule is O=C(NCCc1cccs1)C1CCCc2ccn(CCOc3ccccc3)c21. The fourth-order valence-electron chi connectivity index (χ4n) is 3.91. The van der Waals surface area contributed by atoms with Crippen molar-refractivity contribution in [2.24, 2.45) is 0 Å². The van der Waals surface area contributed by atoms with Crippen LogP contribution in [-0.4, -0.2) is 23.6 Å². The molecule has 5 heteroatoms. The molecule has 1 atom stereocenters. The van der Waals surface area contributed by atoms with Gasteiger partial charge in [-0.15, -0.1) is 11.3 Å². The summed E-state index contributed by atoms with van der Waals surface area (Å²) in [5.74, 6) is 0.978. The van der Waals surface area contributed by atoms with Crippen LogP contribution in [-0.2, 0) is 24.2 Å². The van der Waals surface area contributed by atoms with E-state index in [-0.39, 0.29) is 11.8 Å². The first kappa shape index (κ1) is 18.8. The topological polar surface area (TPSA) is 43.3 Å². The minimum Gasteiger partial charge on any atom is -0.492 e. The van der Waals surface area contributed by atoms with Crippen molar-refractivity contribution in [3.63, 3.8) is 0 Å². The van der Waals surface area contributed by atoms with Crippen LogP contribution in [0, 0.1) is 0 Å². The fourth-order valence-corrected chi connectivity index (χ4v) is 4.62. The average Bonchev–Trinajstić information content (AvgIpc) is 3.39. The number of carbonyl (C=O) groups is 1. The molecule has 1 N–H and O–H groups in total. The van der Waals surface area contributed by atoms with Crippen LogP contribution < -0.4 is 10.1 Å². The summed E-state index contributed by atoms with van der Waals surface area (Å²) in [4.78, 5) is 14.2. The van der Waals surface area contributed by atoms with Crippen molar-refractivity contribution in [1.82, 2.24) is 9.88 Å². The number of nitrogens with one attached hydrogen (secondary N) is 1. The summed E-state index contributed by atoms with van der Waals surface area (Å²) in [6.07, 6.45) is 6.05. The molecule has 1 aliphatic rings. The van der Waals surface area contributed by atoms with Crippen LogP contribution in [0.15, 0.2) is 60.1 Å². The molecule has 0 bridgehead atoms. The normalized spacial score (nSPS) is 15.8. The van der Waals surface area contributed by atoms with Gasteiger partial charge in [-0.2, -0.15) is 0 Å². The van der Waals surface area contributed by atoms with Gasteiger partial charge in [0.25, 0.3) is 0 Å². The third-order valence-electron chi connectivity index (χ3n) is 5.27. The molecule has 4 nitrogen and oxygen atoms in total. The molecule has 2 aromatic heterocycles. The van der Waals surface area contributed by atoms with Gasteiger partial charge in [0.2, 0.25) is 5.91 Å². The van der Waals surface area contributed by atoms with Gasteiger partial charge in [0.1, 0.15) is 12.4 Å². The van der Waals surface area contributed by atoms with Gasteiger partial charge < -0.3 is 14.6 Å². The van der Waals surface area contributed by atoms with E-state index in [2.05, 4.69) is 39.7 Å². The number of benzene rings is 1. The Hall–Kier alpha value is -2.53. The van der Waals surface area contributed by atoms with E-state index in [0.717, 1.165) is 38.0 Å². The lowest BCUT2D eigenvalue weighted by molar-refractivity contribution is -0.123. The zero-order valence-corrected chi connectivity index (χ0v) is 16.8. The third-order valence-corrected chi connectivity index (χ3v) is 6.21. The fraction of sp³-hybridized carbons (Fsp3) is 0.348. The molecule has 146 valence electrons. The highest BCUT2D eigenvalue weighted by atomic mass is 32.1. The van der Waals surface area contributed by atoms with Crippen LogP contribution in [0.25, 0.3) is 0 Å². The molecule has 1 amide bonds. The van der Waals surface area contributed by atoms with E-state index in [4.69, 9.17) is 4.74 Å². The first-order valence-corrected chi connectivity index (χ1v) is 10.8. The van der Waals surface area contributed by atoms with Crippen molar-refractivity contribution in [1.29, 1.82) is 0 Å². The van der Waals surface area contributed by atoms with Crippen LogP contribution in [0.3, 0.4) is 0 Å². The number of fused-ring (bicyclic) bond motifs is 1. The standard InChI is InChI=1S/C23H26N2O2S/c26-23(24-13-11-20-9-5-17-28-20)21-10-4-6-18-12-14-25(22(18)21)15-16-27-19-7-2-1-3-8-19/h1-3,5,7-9,12,14,17,21H,4,6,10-11,13,15-16H2,(H,24,26). The maximum atomic E-state index is 12.9. The number of aryl methyl sites for hydroxylation is 1. The molecule has 3 aromatic rings. The van der Waals surface area contributed by atoms with Gasteiger partial charge in [-0.25, -0.2) is 0 Å². The van der Waals surface area contributed by atoms with Crippen molar-refractivity contribution in [2.45, 2.75) is 38.1 Å². The summed E-state index contributed by atoms with van der Waals surface area (Å²) in [5.41, 5.74) is 2.49. The third kappa shape index (κ3) is 4.47. The Kier molecular flexibility index (Phi) is 6.12. The molecular formula is C23H26N2O2S. The minimum atomic E-state index is -0.0567. The maximum Gasteiger partial charge on any atom is 0.229 e. The second-order valence-electron chi connectivity index (χ2n) is 7.15. The number of para-hydroxylation sites is 1. The van der Waals surface area contributed by atoms with Gasteiger partial charge in [0.15, 0.2) is 0 Å². The van der Waals surface area contributed by atoms with Gasteiger partial charge in [0, 0.05) is 23.3 Å². The van der Waals surface area contributed by atoms with Crippen LogP contribution >= 0.6 is 11.3 Å². The largest absolute Gasteiger partial charge is 0.492 e. The van der Waals surface area contributed by atoms with Crippen molar-refractivity contribution in [2.75, 3.05) is 13.2 Å². The van der Waals surface area contributed by atoms with E-state index < -0.39 is 0 Å². The summed E-state index contributed by atoms with van der Waals surface area (Å²) in [6.45, 7) is 2.05. The number of amides is 1. The molecule has 0 fully saturated rings. The van der Waals surface area contributed by atoms with Gasteiger partial charge in [-0.3, -0.25) is 4.79 Å². The number of hydrogen-bond donors (Lipinski definition) is 1. The number of ether oxygens (including phenoxy) is 1. The van der Waals surface area contributed by atoms with Crippen LogP contribution in [0.1, 0.15) is 34.9 Å². The molecule has 0 spiro atoms. The van der Waals surface area contributed by atoms with Gasteiger partial charge in [-0.05, 0) is 60.9 Å².